The van der Waals surface area contributed by atoms with Crippen LogP contribution in [0.3, 0.4) is 0 Å². The van der Waals surface area contributed by atoms with Gasteiger partial charge in [0.25, 0.3) is 0 Å². The monoisotopic (exact) mass is 353 g/mol. The van der Waals surface area contributed by atoms with Crippen molar-refractivity contribution in [3.05, 3.63) is 48.3 Å². The Balaban J connectivity index is 1.67. The molecular formula is C16H16FNO5S. The van der Waals surface area contributed by atoms with Gasteiger partial charge < -0.3 is 14.2 Å². The second-order valence-corrected chi connectivity index (χ2v) is 6.91. The number of ether oxygens (including phenoxy) is 3. The Morgan fingerprint density at radius 2 is 2.00 bits per heavy atom. The van der Waals surface area contributed by atoms with Crippen LogP contribution in [0.15, 0.2) is 47.4 Å². The predicted molar refractivity (Wildman–Crippen MR) is 84.5 cm³/mol. The van der Waals surface area contributed by atoms with Crippen LogP contribution in [0, 0.1) is 5.82 Å². The van der Waals surface area contributed by atoms with Crippen molar-refractivity contribution in [1.29, 1.82) is 0 Å². The van der Waals surface area contributed by atoms with Crippen molar-refractivity contribution in [1.82, 2.24) is 4.72 Å². The van der Waals surface area contributed by atoms with Crippen LogP contribution in [0.1, 0.15) is 0 Å². The first-order valence-corrected chi connectivity index (χ1v) is 8.69. The van der Waals surface area contributed by atoms with E-state index in [2.05, 4.69) is 4.72 Å². The lowest BCUT2D eigenvalue weighted by molar-refractivity contribution is 0.0943. The first-order valence-electron chi connectivity index (χ1n) is 7.21. The average Bonchev–Trinajstić information content (AvgIpc) is 2.60. The molecule has 1 aliphatic heterocycles. The van der Waals surface area contributed by atoms with Crippen LogP contribution in [-0.4, -0.2) is 34.8 Å². The van der Waals surface area contributed by atoms with Gasteiger partial charge in [-0.15, -0.1) is 0 Å². The highest BCUT2D eigenvalue weighted by Gasteiger charge is 2.24. The predicted octanol–water partition coefficient (Wildman–Crippen LogP) is 1.95. The molecule has 2 aromatic carbocycles. The van der Waals surface area contributed by atoms with E-state index in [1.807, 2.05) is 6.07 Å². The van der Waals surface area contributed by atoms with Crippen LogP contribution in [-0.2, 0) is 10.0 Å². The van der Waals surface area contributed by atoms with Crippen molar-refractivity contribution in [2.45, 2.75) is 11.0 Å². The zero-order valence-electron chi connectivity index (χ0n) is 12.9. The highest BCUT2D eigenvalue weighted by Crippen LogP contribution is 2.30. The third kappa shape index (κ3) is 3.44. The number of hydrogen-bond donors (Lipinski definition) is 1. The Morgan fingerprint density at radius 3 is 2.71 bits per heavy atom. The highest BCUT2D eigenvalue weighted by atomic mass is 32.2. The van der Waals surface area contributed by atoms with E-state index in [1.165, 1.54) is 19.2 Å². The molecule has 1 aliphatic rings. The lowest BCUT2D eigenvalue weighted by atomic mass is 10.2. The molecule has 0 amide bonds. The normalized spacial score (nSPS) is 16.7. The molecular weight excluding hydrogens is 337 g/mol. The summed E-state index contributed by atoms with van der Waals surface area (Å²) in [6, 6.07) is 10.6. The van der Waals surface area contributed by atoms with Crippen molar-refractivity contribution in [2.24, 2.45) is 0 Å². The summed E-state index contributed by atoms with van der Waals surface area (Å²) in [6.45, 7) is 0.223. The zero-order valence-corrected chi connectivity index (χ0v) is 13.7. The van der Waals surface area contributed by atoms with E-state index >= 15 is 0 Å². The first kappa shape index (κ1) is 16.5. The Bertz CT molecular complexity index is 840. The summed E-state index contributed by atoms with van der Waals surface area (Å²) in [5.74, 6) is 0.415. The van der Waals surface area contributed by atoms with Gasteiger partial charge in [0.05, 0.1) is 18.6 Å². The molecule has 1 heterocycles. The van der Waals surface area contributed by atoms with E-state index in [1.54, 1.807) is 18.2 Å². The molecule has 6 nitrogen and oxygen atoms in total. The molecule has 24 heavy (non-hydrogen) atoms. The van der Waals surface area contributed by atoms with Crippen LogP contribution < -0.4 is 18.9 Å². The van der Waals surface area contributed by atoms with Crippen molar-refractivity contribution in [3.8, 4) is 17.2 Å². The maximum absolute atomic E-state index is 13.7. The van der Waals surface area contributed by atoms with E-state index in [4.69, 9.17) is 14.2 Å². The topological polar surface area (TPSA) is 73.9 Å². The van der Waals surface area contributed by atoms with Crippen molar-refractivity contribution < 1.29 is 27.0 Å². The number of nitrogens with one attached hydrogen (secondary N) is 1. The Kier molecular flexibility index (Phi) is 4.59. The van der Waals surface area contributed by atoms with E-state index in [9.17, 15) is 12.8 Å². The quantitative estimate of drug-likeness (QED) is 0.889. The molecule has 3 rings (SSSR count). The van der Waals surface area contributed by atoms with Crippen molar-refractivity contribution >= 4 is 10.0 Å². The maximum atomic E-state index is 13.7. The number of rotatable bonds is 5. The fourth-order valence-corrected chi connectivity index (χ4v) is 3.34. The fourth-order valence-electron chi connectivity index (χ4n) is 2.26. The van der Waals surface area contributed by atoms with Crippen LogP contribution >= 0.6 is 0 Å². The summed E-state index contributed by atoms with van der Waals surface area (Å²) in [7, 11) is -2.56. The van der Waals surface area contributed by atoms with Crippen LogP contribution in [0.25, 0.3) is 0 Å². The van der Waals surface area contributed by atoms with Crippen LogP contribution in [0.4, 0.5) is 4.39 Å². The summed E-state index contributed by atoms with van der Waals surface area (Å²) in [5, 5.41) is 0. The van der Waals surface area contributed by atoms with E-state index in [0.717, 1.165) is 6.07 Å². The van der Waals surface area contributed by atoms with Crippen LogP contribution in [0.5, 0.6) is 17.2 Å². The summed E-state index contributed by atoms with van der Waals surface area (Å²) in [6.07, 6.45) is -0.474. The molecule has 0 unspecified atom stereocenters. The minimum Gasteiger partial charge on any atom is -0.494 e. The standard InChI is InChI=1S/C16H16FNO5S/c1-21-14-7-6-12(8-13(14)17)24(19,20)18-9-11-10-22-15-4-2-3-5-16(15)23-11/h2-8,11,18H,9-10H2,1H3/t11-/m1/s1. The van der Waals surface area contributed by atoms with Gasteiger partial charge in [-0.05, 0) is 30.3 Å². The number of para-hydroxylation sites is 2. The molecule has 0 aliphatic carbocycles. The largest absolute Gasteiger partial charge is 0.494 e. The molecule has 0 bridgehead atoms. The van der Waals surface area contributed by atoms with Gasteiger partial charge in [0, 0.05) is 0 Å². The average molecular weight is 353 g/mol. The minimum atomic E-state index is -3.87. The Hall–Kier alpha value is -2.32. The first-order chi connectivity index (χ1) is 11.5. The second-order valence-electron chi connectivity index (χ2n) is 5.15. The smallest absolute Gasteiger partial charge is 0.240 e. The van der Waals surface area contributed by atoms with Gasteiger partial charge in [-0.25, -0.2) is 17.5 Å². The third-order valence-electron chi connectivity index (χ3n) is 3.50. The zero-order chi connectivity index (χ0) is 17.2. The van der Waals surface area contributed by atoms with Crippen molar-refractivity contribution in [2.75, 3.05) is 20.3 Å². The molecule has 0 aromatic heterocycles. The highest BCUT2D eigenvalue weighted by molar-refractivity contribution is 7.89. The van der Waals surface area contributed by atoms with Crippen LogP contribution in [0.2, 0.25) is 0 Å². The maximum Gasteiger partial charge on any atom is 0.240 e. The van der Waals surface area contributed by atoms with E-state index in [0.29, 0.717) is 11.5 Å². The molecule has 0 saturated carbocycles. The number of fused-ring (bicyclic) bond motifs is 1. The van der Waals surface area contributed by atoms with Gasteiger partial charge >= 0.3 is 0 Å². The van der Waals surface area contributed by atoms with Gasteiger partial charge in [-0.1, -0.05) is 12.1 Å². The number of methoxy groups -OCH3 is 1. The molecule has 1 N–H and O–H groups in total. The Labute approximate surface area is 139 Å². The lowest BCUT2D eigenvalue weighted by Gasteiger charge is -2.26. The molecule has 0 fully saturated rings. The Morgan fingerprint density at radius 1 is 1.25 bits per heavy atom. The minimum absolute atomic E-state index is 0.00428. The van der Waals surface area contributed by atoms with Gasteiger partial charge in [0.1, 0.15) is 12.7 Å². The second kappa shape index (κ2) is 6.66. The van der Waals surface area contributed by atoms with E-state index < -0.39 is 21.9 Å². The molecule has 0 saturated heterocycles. The number of benzene rings is 2. The molecule has 128 valence electrons. The number of halogens is 1. The van der Waals surface area contributed by atoms with Gasteiger partial charge in [0.15, 0.2) is 23.1 Å². The SMILES string of the molecule is COc1ccc(S(=O)(=O)NC[C@@H]2COc3ccccc3O2)cc1F. The molecule has 1 atom stereocenters. The van der Waals surface area contributed by atoms with Gasteiger partial charge in [-0.3, -0.25) is 0 Å². The molecule has 2 aromatic rings. The summed E-state index contributed by atoms with van der Waals surface area (Å²) in [5.41, 5.74) is 0. The summed E-state index contributed by atoms with van der Waals surface area (Å²) in [4.78, 5) is -0.182. The lowest BCUT2D eigenvalue weighted by Crippen LogP contribution is -2.40. The van der Waals surface area contributed by atoms with E-state index in [-0.39, 0.29) is 23.8 Å². The summed E-state index contributed by atoms with van der Waals surface area (Å²) < 4.78 is 56.6. The van der Waals surface area contributed by atoms with Crippen molar-refractivity contribution in [3.63, 3.8) is 0 Å². The molecule has 0 spiro atoms. The number of sulfonamides is 1. The summed E-state index contributed by atoms with van der Waals surface area (Å²) >= 11 is 0. The van der Waals surface area contributed by atoms with Gasteiger partial charge in [0.2, 0.25) is 10.0 Å². The molecule has 0 radical (unpaired) electrons. The third-order valence-corrected chi connectivity index (χ3v) is 4.92. The fraction of sp³-hybridized carbons (Fsp3) is 0.250. The number of hydrogen-bond acceptors (Lipinski definition) is 5. The molecule has 8 heteroatoms. The van der Waals surface area contributed by atoms with Gasteiger partial charge in [-0.2, -0.15) is 0 Å².